The van der Waals surface area contributed by atoms with Gasteiger partial charge in [-0.05, 0) is 18.2 Å². The molecule has 0 unspecified atom stereocenters. The second kappa shape index (κ2) is 6.64. The SMILES string of the molecule is CC(C)(C)c1ncc(NC(=O)C=Cc2c(Cl)nc3ccccn23)cn1. The molecule has 1 amide bonds. The fraction of sp³-hybridized carbons (Fsp3) is 0.222. The maximum absolute atomic E-state index is 12.1. The van der Waals surface area contributed by atoms with Crippen molar-refractivity contribution in [2.24, 2.45) is 0 Å². The number of hydrogen-bond acceptors (Lipinski definition) is 4. The molecule has 0 spiro atoms. The Morgan fingerprint density at radius 1 is 1.24 bits per heavy atom. The minimum Gasteiger partial charge on any atom is -0.320 e. The van der Waals surface area contributed by atoms with E-state index < -0.39 is 0 Å². The van der Waals surface area contributed by atoms with Crippen LogP contribution in [0, 0.1) is 0 Å². The lowest BCUT2D eigenvalue weighted by Gasteiger charge is -2.15. The van der Waals surface area contributed by atoms with E-state index in [2.05, 4.69) is 20.3 Å². The van der Waals surface area contributed by atoms with Crippen molar-refractivity contribution in [3.05, 3.63) is 59.5 Å². The van der Waals surface area contributed by atoms with Crippen LogP contribution in [0.4, 0.5) is 5.69 Å². The van der Waals surface area contributed by atoms with Gasteiger partial charge in [0.05, 0.1) is 23.8 Å². The van der Waals surface area contributed by atoms with E-state index in [0.29, 0.717) is 16.5 Å². The molecular weight excluding hydrogens is 338 g/mol. The molecule has 6 nitrogen and oxygen atoms in total. The molecule has 128 valence electrons. The molecule has 0 saturated heterocycles. The quantitative estimate of drug-likeness (QED) is 0.726. The van der Waals surface area contributed by atoms with Crippen molar-refractivity contribution < 1.29 is 4.79 Å². The van der Waals surface area contributed by atoms with Gasteiger partial charge in [0, 0.05) is 17.7 Å². The minimum absolute atomic E-state index is 0.137. The van der Waals surface area contributed by atoms with Crippen LogP contribution in [-0.4, -0.2) is 25.3 Å². The molecule has 1 N–H and O–H groups in total. The molecular formula is C18H18ClN5O. The highest BCUT2D eigenvalue weighted by atomic mass is 35.5. The molecule has 3 rings (SSSR count). The number of carbonyl (C=O) groups is 1. The Hall–Kier alpha value is -2.73. The lowest BCUT2D eigenvalue weighted by Crippen LogP contribution is -2.16. The first kappa shape index (κ1) is 17.1. The highest BCUT2D eigenvalue weighted by Crippen LogP contribution is 2.20. The van der Waals surface area contributed by atoms with Crippen molar-refractivity contribution in [3.63, 3.8) is 0 Å². The first-order valence-corrected chi connectivity index (χ1v) is 8.16. The number of carbonyl (C=O) groups excluding carboxylic acids is 1. The van der Waals surface area contributed by atoms with Gasteiger partial charge in [0.1, 0.15) is 11.5 Å². The number of anilines is 1. The fourth-order valence-corrected chi connectivity index (χ4v) is 2.49. The zero-order valence-corrected chi connectivity index (χ0v) is 14.9. The molecule has 7 heteroatoms. The molecule has 0 aliphatic rings. The number of imidazole rings is 1. The van der Waals surface area contributed by atoms with E-state index in [9.17, 15) is 4.79 Å². The van der Waals surface area contributed by atoms with Crippen LogP contribution in [0.5, 0.6) is 0 Å². The Morgan fingerprint density at radius 3 is 2.64 bits per heavy atom. The van der Waals surface area contributed by atoms with Gasteiger partial charge in [0.2, 0.25) is 5.91 Å². The Bertz CT molecular complexity index is 938. The van der Waals surface area contributed by atoms with Crippen LogP contribution in [-0.2, 0) is 10.2 Å². The standard InChI is InChI=1S/C18H18ClN5O/c1-18(2,3)17-20-10-12(11-21-17)22-15(25)8-7-13-16(19)23-14-6-4-5-9-24(13)14/h4-11H,1-3H3,(H,22,25). The summed E-state index contributed by atoms with van der Waals surface area (Å²) in [7, 11) is 0. The zero-order chi connectivity index (χ0) is 18.0. The topological polar surface area (TPSA) is 72.2 Å². The number of halogens is 1. The van der Waals surface area contributed by atoms with Crippen LogP contribution in [0.25, 0.3) is 11.7 Å². The van der Waals surface area contributed by atoms with Crippen LogP contribution in [0.1, 0.15) is 32.3 Å². The van der Waals surface area contributed by atoms with Gasteiger partial charge < -0.3 is 5.32 Å². The summed E-state index contributed by atoms with van der Waals surface area (Å²) >= 11 is 6.14. The molecule has 0 bridgehead atoms. The summed E-state index contributed by atoms with van der Waals surface area (Å²) in [6, 6.07) is 5.59. The van der Waals surface area contributed by atoms with E-state index in [0.717, 1.165) is 11.5 Å². The van der Waals surface area contributed by atoms with E-state index in [4.69, 9.17) is 11.6 Å². The normalized spacial score (nSPS) is 12.0. The lowest BCUT2D eigenvalue weighted by molar-refractivity contribution is -0.111. The van der Waals surface area contributed by atoms with Crippen molar-refractivity contribution in [2.75, 3.05) is 5.32 Å². The summed E-state index contributed by atoms with van der Waals surface area (Å²) in [6.07, 6.45) is 8.06. The van der Waals surface area contributed by atoms with Gasteiger partial charge in [-0.25, -0.2) is 15.0 Å². The second-order valence-electron chi connectivity index (χ2n) is 6.58. The monoisotopic (exact) mass is 355 g/mol. The minimum atomic E-state index is -0.297. The predicted octanol–water partition coefficient (Wildman–Crippen LogP) is 3.73. The number of aromatic nitrogens is 4. The summed E-state index contributed by atoms with van der Waals surface area (Å²) in [5.74, 6) is 0.424. The third-order valence-electron chi connectivity index (χ3n) is 3.50. The maximum Gasteiger partial charge on any atom is 0.248 e. The molecule has 0 fully saturated rings. The van der Waals surface area contributed by atoms with Crippen molar-refractivity contribution >= 4 is 34.9 Å². The number of amides is 1. The Morgan fingerprint density at radius 2 is 1.96 bits per heavy atom. The molecule has 0 radical (unpaired) electrons. The zero-order valence-electron chi connectivity index (χ0n) is 14.2. The van der Waals surface area contributed by atoms with Crippen molar-refractivity contribution in [3.8, 4) is 0 Å². The van der Waals surface area contributed by atoms with Crippen LogP contribution in [0.2, 0.25) is 5.15 Å². The number of hydrogen-bond donors (Lipinski definition) is 1. The summed E-state index contributed by atoms with van der Waals surface area (Å²) < 4.78 is 1.81. The van der Waals surface area contributed by atoms with E-state index >= 15 is 0 Å². The smallest absolute Gasteiger partial charge is 0.248 e. The largest absolute Gasteiger partial charge is 0.320 e. The van der Waals surface area contributed by atoms with E-state index in [1.54, 1.807) is 18.5 Å². The molecule has 0 aliphatic carbocycles. The molecule has 0 saturated carbocycles. The third-order valence-corrected chi connectivity index (χ3v) is 3.78. The average molecular weight is 356 g/mol. The van der Waals surface area contributed by atoms with E-state index in [1.165, 1.54) is 6.08 Å². The van der Waals surface area contributed by atoms with Gasteiger partial charge >= 0.3 is 0 Å². The van der Waals surface area contributed by atoms with Gasteiger partial charge in [-0.15, -0.1) is 0 Å². The van der Waals surface area contributed by atoms with E-state index in [1.807, 2.05) is 49.6 Å². The van der Waals surface area contributed by atoms with Crippen LogP contribution in [0.3, 0.4) is 0 Å². The molecule has 3 heterocycles. The Balaban J connectivity index is 1.74. The highest BCUT2D eigenvalue weighted by molar-refractivity contribution is 6.31. The average Bonchev–Trinajstić information content (AvgIpc) is 2.88. The van der Waals surface area contributed by atoms with Gasteiger partial charge in [-0.1, -0.05) is 38.4 Å². The summed E-state index contributed by atoms with van der Waals surface area (Å²) in [4.78, 5) is 24.9. The summed E-state index contributed by atoms with van der Waals surface area (Å²) in [5, 5.41) is 3.07. The van der Waals surface area contributed by atoms with Crippen molar-refractivity contribution in [2.45, 2.75) is 26.2 Å². The summed E-state index contributed by atoms with van der Waals surface area (Å²) in [5.41, 5.74) is 1.76. The van der Waals surface area contributed by atoms with Crippen LogP contribution in [0.15, 0.2) is 42.9 Å². The highest BCUT2D eigenvalue weighted by Gasteiger charge is 2.16. The maximum atomic E-state index is 12.1. The molecule has 0 aromatic carbocycles. The summed E-state index contributed by atoms with van der Waals surface area (Å²) in [6.45, 7) is 6.09. The Labute approximate surface area is 150 Å². The van der Waals surface area contributed by atoms with Gasteiger partial charge in [0.15, 0.2) is 5.15 Å². The molecule has 0 atom stereocenters. The first-order chi connectivity index (χ1) is 11.8. The van der Waals surface area contributed by atoms with Gasteiger partial charge in [0.25, 0.3) is 0 Å². The number of fused-ring (bicyclic) bond motifs is 1. The van der Waals surface area contributed by atoms with Gasteiger partial charge in [-0.2, -0.15) is 0 Å². The number of nitrogens with one attached hydrogen (secondary N) is 1. The number of pyridine rings is 1. The molecule has 3 aromatic rings. The second-order valence-corrected chi connectivity index (χ2v) is 6.94. The first-order valence-electron chi connectivity index (χ1n) is 7.79. The Kier molecular flexibility index (Phi) is 4.55. The molecule has 0 aliphatic heterocycles. The molecule has 25 heavy (non-hydrogen) atoms. The number of rotatable bonds is 3. The third kappa shape index (κ3) is 3.85. The number of nitrogens with zero attached hydrogens (tertiary/aromatic N) is 4. The van der Waals surface area contributed by atoms with Crippen molar-refractivity contribution in [1.82, 2.24) is 19.4 Å². The predicted molar refractivity (Wildman–Crippen MR) is 98.6 cm³/mol. The van der Waals surface area contributed by atoms with Crippen LogP contribution >= 0.6 is 11.6 Å². The van der Waals surface area contributed by atoms with Crippen molar-refractivity contribution in [1.29, 1.82) is 0 Å². The van der Waals surface area contributed by atoms with Gasteiger partial charge in [-0.3, -0.25) is 9.20 Å². The lowest BCUT2D eigenvalue weighted by atomic mass is 9.96. The molecule has 3 aromatic heterocycles. The van der Waals surface area contributed by atoms with Crippen LogP contribution < -0.4 is 5.32 Å². The van der Waals surface area contributed by atoms with E-state index in [-0.39, 0.29) is 11.3 Å². The fourth-order valence-electron chi connectivity index (χ4n) is 2.25.